The lowest BCUT2D eigenvalue weighted by molar-refractivity contribution is -0.120. The van der Waals surface area contributed by atoms with Crippen LogP contribution in [0.15, 0.2) is 28.8 Å². The van der Waals surface area contributed by atoms with Crippen molar-refractivity contribution >= 4 is 5.78 Å². The minimum Gasteiger partial charge on any atom is -0.339 e. The van der Waals surface area contributed by atoms with Crippen LogP contribution >= 0.6 is 0 Å². The molecule has 0 atom stereocenters. The minimum atomic E-state index is 0.240. The lowest BCUT2D eigenvalue weighted by Crippen LogP contribution is -2.12. The second-order valence-corrected chi connectivity index (χ2v) is 5.14. The first-order chi connectivity index (χ1) is 9.22. The van der Waals surface area contributed by atoms with Crippen LogP contribution in [0.5, 0.6) is 0 Å². The van der Waals surface area contributed by atoms with Gasteiger partial charge in [0.15, 0.2) is 0 Å². The Morgan fingerprint density at radius 3 is 2.79 bits per heavy atom. The highest BCUT2D eigenvalue weighted by molar-refractivity contribution is 5.79. The molecule has 0 amide bonds. The van der Waals surface area contributed by atoms with Crippen LogP contribution in [0.4, 0.5) is 0 Å². The number of aromatic nitrogens is 2. The summed E-state index contributed by atoms with van der Waals surface area (Å²) in [4.78, 5) is 15.7. The van der Waals surface area contributed by atoms with Gasteiger partial charge < -0.3 is 4.52 Å². The molecule has 0 saturated heterocycles. The molecule has 3 rings (SSSR count). The van der Waals surface area contributed by atoms with Gasteiger partial charge in [-0.1, -0.05) is 28.9 Å². The molecule has 2 aromatic rings. The molecule has 0 N–H and O–H groups in total. The van der Waals surface area contributed by atoms with Gasteiger partial charge in [0.25, 0.3) is 0 Å². The molecular weight excluding hydrogens is 240 g/mol. The normalized spacial score (nSPS) is 16.8. The lowest BCUT2D eigenvalue weighted by Gasteiger charge is -2.16. The van der Waals surface area contributed by atoms with Crippen molar-refractivity contribution < 1.29 is 9.32 Å². The Morgan fingerprint density at radius 1 is 1.26 bits per heavy atom. The number of benzene rings is 1. The molecule has 0 spiro atoms. The Bertz CT molecular complexity index is 594. The zero-order valence-electron chi connectivity index (χ0n) is 10.9. The number of carbonyl (C=O) groups excluding carboxylic acids is 1. The number of carbonyl (C=O) groups is 1. The number of hydrogen-bond donors (Lipinski definition) is 0. The number of hydrogen-bond acceptors (Lipinski definition) is 4. The SMILES string of the molecule is Cc1cccc(-c2noc(C3CCC(=O)CC3)n2)c1. The Morgan fingerprint density at radius 2 is 2.05 bits per heavy atom. The molecule has 0 unspecified atom stereocenters. The van der Waals surface area contributed by atoms with E-state index in [4.69, 9.17) is 4.52 Å². The fourth-order valence-electron chi connectivity index (χ4n) is 2.49. The standard InChI is InChI=1S/C15H16N2O2/c1-10-3-2-4-12(9-10)14-16-15(19-17-14)11-5-7-13(18)8-6-11/h2-4,9,11H,5-8H2,1H3. The van der Waals surface area contributed by atoms with E-state index in [9.17, 15) is 4.79 Å². The third-order valence-corrected chi connectivity index (χ3v) is 3.61. The number of ketones is 1. The van der Waals surface area contributed by atoms with Crippen LogP contribution in [0.25, 0.3) is 11.4 Å². The van der Waals surface area contributed by atoms with E-state index in [-0.39, 0.29) is 5.92 Å². The maximum absolute atomic E-state index is 11.2. The van der Waals surface area contributed by atoms with E-state index in [1.165, 1.54) is 5.56 Å². The number of nitrogens with zero attached hydrogens (tertiary/aromatic N) is 2. The lowest BCUT2D eigenvalue weighted by atomic mass is 9.88. The van der Waals surface area contributed by atoms with Crippen molar-refractivity contribution in [2.45, 2.75) is 38.5 Å². The molecule has 1 saturated carbocycles. The van der Waals surface area contributed by atoms with E-state index >= 15 is 0 Å². The average molecular weight is 256 g/mol. The van der Waals surface area contributed by atoms with Crippen molar-refractivity contribution in [2.75, 3.05) is 0 Å². The average Bonchev–Trinajstić information content (AvgIpc) is 2.89. The van der Waals surface area contributed by atoms with Crippen molar-refractivity contribution in [3.63, 3.8) is 0 Å². The van der Waals surface area contributed by atoms with Crippen molar-refractivity contribution in [2.24, 2.45) is 0 Å². The number of rotatable bonds is 2. The zero-order valence-corrected chi connectivity index (χ0v) is 10.9. The highest BCUT2D eigenvalue weighted by Gasteiger charge is 2.25. The van der Waals surface area contributed by atoms with Crippen LogP contribution in [0.1, 0.15) is 43.1 Å². The van der Waals surface area contributed by atoms with Gasteiger partial charge >= 0.3 is 0 Å². The molecular formula is C15H16N2O2. The molecule has 1 fully saturated rings. The van der Waals surface area contributed by atoms with E-state index in [1.54, 1.807) is 0 Å². The molecule has 1 heterocycles. The molecule has 0 bridgehead atoms. The van der Waals surface area contributed by atoms with Crippen LogP contribution in [0.2, 0.25) is 0 Å². The molecule has 0 aliphatic heterocycles. The molecule has 1 aliphatic rings. The van der Waals surface area contributed by atoms with Crippen LogP contribution in [-0.4, -0.2) is 15.9 Å². The first kappa shape index (κ1) is 12.1. The monoisotopic (exact) mass is 256 g/mol. The third kappa shape index (κ3) is 2.57. The highest BCUT2D eigenvalue weighted by atomic mass is 16.5. The van der Waals surface area contributed by atoms with Crippen LogP contribution in [0, 0.1) is 6.92 Å². The number of Topliss-reactive ketones (excluding diaryl/α,β-unsaturated/α-hetero) is 1. The molecule has 4 heteroatoms. The molecule has 98 valence electrons. The van der Waals surface area contributed by atoms with Crippen molar-refractivity contribution in [3.8, 4) is 11.4 Å². The largest absolute Gasteiger partial charge is 0.339 e. The van der Waals surface area contributed by atoms with Crippen LogP contribution in [-0.2, 0) is 4.79 Å². The Kier molecular flexibility index (Phi) is 3.15. The Balaban J connectivity index is 1.81. The van der Waals surface area contributed by atoms with E-state index in [0.717, 1.165) is 18.4 Å². The Hall–Kier alpha value is -1.97. The van der Waals surface area contributed by atoms with E-state index < -0.39 is 0 Å². The van der Waals surface area contributed by atoms with Gasteiger partial charge in [0, 0.05) is 24.3 Å². The van der Waals surface area contributed by atoms with Crippen molar-refractivity contribution in [3.05, 3.63) is 35.7 Å². The topological polar surface area (TPSA) is 56.0 Å². The molecule has 4 nitrogen and oxygen atoms in total. The molecule has 0 radical (unpaired) electrons. The zero-order chi connectivity index (χ0) is 13.2. The molecule has 19 heavy (non-hydrogen) atoms. The first-order valence-corrected chi connectivity index (χ1v) is 6.65. The fraction of sp³-hybridized carbons (Fsp3) is 0.400. The molecule has 1 aliphatic carbocycles. The second-order valence-electron chi connectivity index (χ2n) is 5.14. The van der Waals surface area contributed by atoms with Crippen molar-refractivity contribution in [1.82, 2.24) is 10.1 Å². The summed E-state index contributed by atoms with van der Waals surface area (Å²) < 4.78 is 5.36. The first-order valence-electron chi connectivity index (χ1n) is 6.65. The summed E-state index contributed by atoms with van der Waals surface area (Å²) >= 11 is 0. The minimum absolute atomic E-state index is 0.240. The summed E-state index contributed by atoms with van der Waals surface area (Å²) in [5.41, 5.74) is 2.15. The molecule has 1 aromatic heterocycles. The Labute approximate surface area is 111 Å². The van der Waals surface area contributed by atoms with Gasteiger partial charge in [-0.2, -0.15) is 4.98 Å². The van der Waals surface area contributed by atoms with E-state index in [2.05, 4.69) is 10.1 Å². The predicted molar refractivity (Wildman–Crippen MR) is 70.7 cm³/mol. The third-order valence-electron chi connectivity index (χ3n) is 3.61. The summed E-state index contributed by atoms with van der Waals surface area (Å²) in [6.45, 7) is 2.04. The van der Waals surface area contributed by atoms with E-state index in [0.29, 0.717) is 30.3 Å². The van der Waals surface area contributed by atoms with Gasteiger partial charge in [-0.15, -0.1) is 0 Å². The van der Waals surface area contributed by atoms with Crippen LogP contribution in [0.3, 0.4) is 0 Å². The highest BCUT2D eigenvalue weighted by Crippen LogP contribution is 2.31. The summed E-state index contributed by atoms with van der Waals surface area (Å²) in [6.07, 6.45) is 2.92. The van der Waals surface area contributed by atoms with Gasteiger partial charge in [0.05, 0.1) is 0 Å². The van der Waals surface area contributed by atoms with Gasteiger partial charge in [-0.25, -0.2) is 0 Å². The van der Waals surface area contributed by atoms with Gasteiger partial charge in [-0.3, -0.25) is 4.79 Å². The summed E-state index contributed by atoms with van der Waals surface area (Å²) in [5, 5.41) is 4.05. The van der Waals surface area contributed by atoms with Crippen LogP contribution < -0.4 is 0 Å². The van der Waals surface area contributed by atoms with Crippen molar-refractivity contribution in [1.29, 1.82) is 0 Å². The molecule has 1 aromatic carbocycles. The quantitative estimate of drug-likeness (QED) is 0.827. The summed E-state index contributed by atoms with van der Waals surface area (Å²) in [6, 6.07) is 8.04. The fourth-order valence-corrected chi connectivity index (χ4v) is 2.49. The predicted octanol–water partition coefficient (Wildman–Crippen LogP) is 3.27. The van der Waals surface area contributed by atoms with Gasteiger partial charge in [0.1, 0.15) is 5.78 Å². The number of aryl methyl sites for hydroxylation is 1. The van der Waals surface area contributed by atoms with Gasteiger partial charge in [-0.05, 0) is 25.8 Å². The maximum atomic E-state index is 11.2. The van der Waals surface area contributed by atoms with Gasteiger partial charge in [0.2, 0.25) is 11.7 Å². The second kappa shape index (κ2) is 4.96. The smallest absolute Gasteiger partial charge is 0.230 e. The summed E-state index contributed by atoms with van der Waals surface area (Å²) in [7, 11) is 0. The maximum Gasteiger partial charge on any atom is 0.230 e. The summed E-state index contributed by atoms with van der Waals surface area (Å²) in [5.74, 6) is 1.89. The van der Waals surface area contributed by atoms with E-state index in [1.807, 2.05) is 31.2 Å².